The number of benzene rings is 3. The van der Waals surface area contributed by atoms with Gasteiger partial charge in [-0.25, -0.2) is 0 Å². The lowest BCUT2D eigenvalue weighted by molar-refractivity contribution is -0.118. The zero-order chi connectivity index (χ0) is 26.7. The van der Waals surface area contributed by atoms with Crippen molar-refractivity contribution in [2.24, 2.45) is 0 Å². The van der Waals surface area contributed by atoms with Gasteiger partial charge in [0.25, 0.3) is 11.8 Å². The summed E-state index contributed by atoms with van der Waals surface area (Å²) in [5, 5.41) is 5.64. The molecule has 0 bridgehead atoms. The SMILES string of the molecule is CCOc1ccc(NC(=O)C(=Cc2ccc(N3CCOCC3)cc2)C(=O)Nc2ccc(OCC)cc2)cc1. The summed E-state index contributed by atoms with van der Waals surface area (Å²) in [6, 6.07) is 21.8. The first-order valence-corrected chi connectivity index (χ1v) is 12.8. The number of anilines is 3. The molecular formula is C30H33N3O5. The molecule has 2 N–H and O–H groups in total. The number of rotatable bonds is 10. The van der Waals surface area contributed by atoms with E-state index in [2.05, 4.69) is 15.5 Å². The Hall–Kier alpha value is -4.30. The van der Waals surface area contributed by atoms with Crippen LogP contribution in [0.25, 0.3) is 6.08 Å². The van der Waals surface area contributed by atoms with Gasteiger partial charge in [-0.1, -0.05) is 12.1 Å². The van der Waals surface area contributed by atoms with Crippen LogP contribution < -0.4 is 25.0 Å². The Balaban J connectivity index is 1.55. The summed E-state index contributed by atoms with van der Waals surface area (Å²) in [7, 11) is 0. The third-order valence-electron chi connectivity index (χ3n) is 5.92. The van der Waals surface area contributed by atoms with E-state index in [1.807, 2.05) is 38.1 Å². The van der Waals surface area contributed by atoms with Crippen molar-refractivity contribution >= 4 is 35.0 Å². The van der Waals surface area contributed by atoms with E-state index >= 15 is 0 Å². The van der Waals surface area contributed by atoms with E-state index in [0.717, 1.165) is 24.3 Å². The zero-order valence-electron chi connectivity index (χ0n) is 21.7. The summed E-state index contributed by atoms with van der Waals surface area (Å²) in [4.78, 5) is 28.8. The van der Waals surface area contributed by atoms with Gasteiger partial charge in [-0.2, -0.15) is 0 Å². The Labute approximate surface area is 223 Å². The number of ether oxygens (including phenoxy) is 3. The van der Waals surface area contributed by atoms with Crippen molar-refractivity contribution in [1.82, 2.24) is 0 Å². The molecule has 3 aromatic rings. The molecule has 1 saturated heterocycles. The van der Waals surface area contributed by atoms with Gasteiger partial charge in [0.05, 0.1) is 26.4 Å². The molecule has 0 aromatic heterocycles. The van der Waals surface area contributed by atoms with Crippen LogP contribution in [0.1, 0.15) is 19.4 Å². The molecule has 38 heavy (non-hydrogen) atoms. The van der Waals surface area contributed by atoms with Crippen LogP contribution in [-0.2, 0) is 14.3 Å². The highest BCUT2D eigenvalue weighted by Crippen LogP contribution is 2.21. The smallest absolute Gasteiger partial charge is 0.261 e. The third kappa shape index (κ3) is 7.36. The lowest BCUT2D eigenvalue weighted by Gasteiger charge is -2.28. The van der Waals surface area contributed by atoms with E-state index < -0.39 is 11.8 Å². The molecule has 1 fully saturated rings. The van der Waals surface area contributed by atoms with Gasteiger partial charge in [0, 0.05) is 30.2 Å². The molecule has 8 nitrogen and oxygen atoms in total. The highest BCUT2D eigenvalue weighted by atomic mass is 16.5. The number of hydrogen-bond donors (Lipinski definition) is 2. The van der Waals surface area contributed by atoms with Crippen LogP contribution in [0, 0.1) is 0 Å². The topological polar surface area (TPSA) is 89.1 Å². The average Bonchev–Trinajstić information content (AvgIpc) is 2.95. The molecule has 0 aliphatic carbocycles. The Morgan fingerprint density at radius 3 is 1.68 bits per heavy atom. The number of nitrogens with zero attached hydrogens (tertiary/aromatic N) is 1. The predicted molar refractivity (Wildman–Crippen MR) is 150 cm³/mol. The summed E-state index contributed by atoms with van der Waals surface area (Å²) in [6.07, 6.45) is 1.59. The van der Waals surface area contributed by atoms with E-state index in [-0.39, 0.29) is 5.57 Å². The first kappa shape index (κ1) is 26.8. The lowest BCUT2D eigenvalue weighted by atomic mass is 10.1. The molecule has 2 amide bonds. The molecule has 3 aromatic carbocycles. The average molecular weight is 516 g/mol. The molecule has 8 heteroatoms. The molecular weight excluding hydrogens is 482 g/mol. The van der Waals surface area contributed by atoms with Crippen LogP contribution in [0.5, 0.6) is 11.5 Å². The molecule has 0 spiro atoms. The second kappa shape index (κ2) is 13.3. The molecule has 0 atom stereocenters. The van der Waals surface area contributed by atoms with Crippen LogP contribution in [0.2, 0.25) is 0 Å². The van der Waals surface area contributed by atoms with Crippen LogP contribution in [0.4, 0.5) is 17.1 Å². The van der Waals surface area contributed by atoms with E-state index in [9.17, 15) is 9.59 Å². The van der Waals surface area contributed by atoms with Crippen molar-refractivity contribution in [2.45, 2.75) is 13.8 Å². The number of amides is 2. The Kier molecular flexibility index (Phi) is 9.37. The van der Waals surface area contributed by atoms with Gasteiger partial charge >= 0.3 is 0 Å². The number of carbonyl (C=O) groups is 2. The van der Waals surface area contributed by atoms with Crippen LogP contribution in [-0.4, -0.2) is 51.3 Å². The summed E-state index contributed by atoms with van der Waals surface area (Å²) in [5.74, 6) is 0.370. The maximum atomic E-state index is 13.3. The molecule has 4 rings (SSSR count). The minimum absolute atomic E-state index is 0.0214. The van der Waals surface area contributed by atoms with Crippen LogP contribution in [0.15, 0.2) is 78.4 Å². The quantitative estimate of drug-likeness (QED) is 0.225. The normalized spacial score (nSPS) is 12.8. The van der Waals surface area contributed by atoms with Crippen molar-refractivity contribution < 1.29 is 23.8 Å². The molecule has 0 radical (unpaired) electrons. The maximum Gasteiger partial charge on any atom is 0.261 e. The van der Waals surface area contributed by atoms with Crippen molar-refractivity contribution in [3.63, 3.8) is 0 Å². The minimum atomic E-state index is -0.519. The van der Waals surface area contributed by atoms with Gasteiger partial charge in [-0.05, 0) is 86.2 Å². The number of hydrogen-bond acceptors (Lipinski definition) is 6. The first-order valence-electron chi connectivity index (χ1n) is 12.8. The van der Waals surface area contributed by atoms with E-state index in [1.54, 1.807) is 54.6 Å². The molecule has 1 heterocycles. The van der Waals surface area contributed by atoms with Gasteiger partial charge in [-0.15, -0.1) is 0 Å². The van der Waals surface area contributed by atoms with Gasteiger partial charge in [0.15, 0.2) is 0 Å². The van der Waals surface area contributed by atoms with Crippen molar-refractivity contribution in [3.8, 4) is 11.5 Å². The molecule has 1 aliphatic heterocycles. The Morgan fingerprint density at radius 2 is 1.24 bits per heavy atom. The zero-order valence-corrected chi connectivity index (χ0v) is 21.7. The Bertz CT molecular complexity index is 1170. The predicted octanol–water partition coefficient (Wildman–Crippen LogP) is 4.98. The van der Waals surface area contributed by atoms with E-state index in [4.69, 9.17) is 14.2 Å². The largest absolute Gasteiger partial charge is 0.494 e. The second-order valence-corrected chi connectivity index (χ2v) is 8.57. The molecule has 0 saturated carbocycles. The first-order chi connectivity index (χ1) is 18.6. The summed E-state index contributed by atoms with van der Waals surface area (Å²) >= 11 is 0. The molecule has 0 unspecified atom stereocenters. The fourth-order valence-corrected chi connectivity index (χ4v) is 4.00. The van der Waals surface area contributed by atoms with Crippen LogP contribution >= 0.6 is 0 Å². The fraction of sp³-hybridized carbons (Fsp3) is 0.267. The van der Waals surface area contributed by atoms with E-state index in [0.29, 0.717) is 49.3 Å². The van der Waals surface area contributed by atoms with Gasteiger partial charge < -0.3 is 29.7 Å². The van der Waals surface area contributed by atoms with E-state index in [1.165, 1.54) is 0 Å². The number of carbonyl (C=O) groups excluding carboxylic acids is 2. The summed E-state index contributed by atoms with van der Waals surface area (Å²) in [6.45, 7) is 7.97. The second-order valence-electron chi connectivity index (χ2n) is 8.57. The Morgan fingerprint density at radius 1 is 0.763 bits per heavy atom. The van der Waals surface area contributed by atoms with Crippen molar-refractivity contribution in [2.75, 3.05) is 55.1 Å². The van der Waals surface area contributed by atoms with Gasteiger partial charge in [0.1, 0.15) is 17.1 Å². The summed E-state index contributed by atoms with van der Waals surface area (Å²) in [5.41, 5.74) is 2.90. The number of nitrogens with one attached hydrogen (secondary N) is 2. The highest BCUT2D eigenvalue weighted by molar-refractivity contribution is 6.28. The number of morpholine rings is 1. The standard InChI is InChI=1S/C30H33N3O5/c1-3-37-26-13-7-23(8-14-26)31-29(34)28(30(35)32-24-9-15-27(16-10-24)38-4-2)21-22-5-11-25(12-6-22)33-17-19-36-20-18-33/h5-16,21H,3-4,17-20H2,1-2H3,(H,31,34)(H,32,35). The monoisotopic (exact) mass is 515 g/mol. The molecule has 1 aliphatic rings. The van der Waals surface area contributed by atoms with Crippen molar-refractivity contribution in [1.29, 1.82) is 0 Å². The third-order valence-corrected chi connectivity index (χ3v) is 5.92. The van der Waals surface area contributed by atoms with Gasteiger partial charge in [-0.3, -0.25) is 9.59 Å². The summed E-state index contributed by atoms with van der Waals surface area (Å²) < 4.78 is 16.4. The van der Waals surface area contributed by atoms with Crippen LogP contribution in [0.3, 0.4) is 0 Å². The highest BCUT2D eigenvalue weighted by Gasteiger charge is 2.20. The maximum absolute atomic E-state index is 13.3. The minimum Gasteiger partial charge on any atom is -0.494 e. The fourth-order valence-electron chi connectivity index (χ4n) is 4.00. The van der Waals surface area contributed by atoms with Crippen molar-refractivity contribution in [3.05, 3.63) is 83.9 Å². The molecule has 198 valence electrons. The van der Waals surface area contributed by atoms with Gasteiger partial charge in [0.2, 0.25) is 0 Å². The lowest BCUT2D eigenvalue weighted by Crippen LogP contribution is -2.36.